The second kappa shape index (κ2) is 7.74. The topological polar surface area (TPSA) is 103 Å². The summed E-state index contributed by atoms with van der Waals surface area (Å²) in [7, 11) is 1.89. The molecule has 0 bridgehead atoms. The Labute approximate surface area is 168 Å². The van der Waals surface area contributed by atoms with Gasteiger partial charge in [-0.1, -0.05) is 0 Å². The Kier molecular flexibility index (Phi) is 5.28. The summed E-state index contributed by atoms with van der Waals surface area (Å²) in [5.74, 6) is -1.05. The van der Waals surface area contributed by atoms with E-state index in [0.29, 0.717) is 36.8 Å². The average Bonchev–Trinajstić information content (AvgIpc) is 3.34. The zero-order valence-electron chi connectivity index (χ0n) is 16.4. The lowest BCUT2D eigenvalue weighted by Gasteiger charge is -2.43. The molecule has 9 heteroatoms. The van der Waals surface area contributed by atoms with Gasteiger partial charge in [0.2, 0.25) is 0 Å². The first-order valence-corrected chi connectivity index (χ1v) is 9.80. The maximum absolute atomic E-state index is 13.2. The number of carbonyl (C=O) groups excluding carboxylic acids is 1. The molecule has 1 spiro atoms. The van der Waals surface area contributed by atoms with Gasteiger partial charge in [0.15, 0.2) is 11.6 Å². The second-order valence-corrected chi connectivity index (χ2v) is 7.69. The largest absolute Gasteiger partial charge is 0.365 e. The fourth-order valence-corrected chi connectivity index (χ4v) is 4.26. The van der Waals surface area contributed by atoms with Crippen molar-refractivity contribution in [2.24, 2.45) is 5.73 Å². The molecule has 2 heterocycles. The Morgan fingerprint density at radius 2 is 1.86 bits per heavy atom. The fraction of sp³-hybridized carbons (Fsp3) is 0.500. The van der Waals surface area contributed by atoms with Gasteiger partial charge in [0.1, 0.15) is 11.4 Å². The Morgan fingerprint density at radius 1 is 1.21 bits per heavy atom. The number of benzene rings is 1. The zero-order chi connectivity index (χ0) is 20.5. The molecule has 0 radical (unpaired) electrons. The molecule has 1 aliphatic heterocycles. The van der Waals surface area contributed by atoms with Crippen LogP contribution in [0.4, 0.5) is 15.9 Å². The summed E-state index contributed by atoms with van der Waals surface area (Å²) in [5.41, 5.74) is 6.18. The molecule has 0 unspecified atom stereocenters. The summed E-state index contributed by atoms with van der Waals surface area (Å²) < 4.78 is 26.7. The first kappa shape index (κ1) is 19.8. The lowest BCUT2D eigenvalue weighted by atomic mass is 9.78. The molecule has 1 saturated heterocycles. The van der Waals surface area contributed by atoms with E-state index >= 15 is 0 Å². The van der Waals surface area contributed by atoms with Crippen molar-refractivity contribution in [3.63, 3.8) is 0 Å². The SMILES string of the molecule is CNCC1(n2cc(C(N)=O)c(Nc3ccc(F)cc3)n2)CCC2(CC1)OCCO2. The van der Waals surface area contributed by atoms with E-state index in [-0.39, 0.29) is 11.4 Å². The lowest BCUT2D eigenvalue weighted by Crippen LogP contribution is -2.50. The van der Waals surface area contributed by atoms with Crippen LogP contribution >= 0.6 is 0 Å². The number of rotatable bonds is 6. The predicted molar refractivity (Wildman–Crippen MR) is 105 cm³/mol. The van der Waals surface area contributed by atoms with Crippen LogP contribution in [0.25, 0.3) is 0 Å². The van der Waals surface area contributed by atoms with Crippen LogP contribution in [0, 0.1) is 5.82 Å². The Hall–Kier alpha value is -2.49. The Bertz CT molecular complexity index is 867. The molecule has 1 aromatic heterocycles. The standard InChI is InChI=1S/C20H26FN5O3/c1-23-13-19(6-8-20(9-7-19)28-10-11-29-20)26-12-16(17(22)27)18(25-26)24-15-4-2-14(21)3-5-15/h2-5,12,23H,6-11,13H2,1H3,(H2,22,27)(H,24,25). The van der Waals surface area contributed by atoms with E-state index in [1.54, 1.807) is 18.3 Å². The number of hydrogen-bond donors (Lipinski definition) is 3. The number of nitrogens with one attached hydrogen (secondary N) is 2. The van der Waals surface area contributed by atoms with Crippen LogP contribution in [0.2, 0.25) is 0 Å². The first-order valence-electron chi connectivity index (χ1n) is 9.80. The van der Waals surface area contributed by atoms with E-state index in [4.69, 9.17) is 15.2 Å². The zero-order valence-corrected chi connectivity index (χ0v) is 16.4. The van der Waals surface area contributed by atoms with E-state index < -0.39 is 11.7 Å². The summed E-state index contributed by atoms with van der Waals surface area (Å²) in [6.45, 7) is 1.93. The van der Waals surface area contributed by atoms with Gasteiger partial charge in [-0.2, -0.15) is 5.10 Å². The van der Waals surface area contributed by atoms with Gasteiger partial charge in [-0.3, -0.25) is 9.48 Å². The molecule has 1 amide bonds. The quantitative estimate of drug-likeness (QED) is 0.683. The minimum Gasteiger partial charge on any atom is -0.365 e. The number of halogens is 1. The van der Waals surface area contributed by atoms with Gasteiger partial charge in [0.25, 0.3) is 5.91 Å². The van der Waals surface area contributed by atoms with E-state index in [1.165, 1.54) is 12.1 Å². The monoisotopic (exact) mass is 403 g/mol. The highest BCUT2D eigenvalue weighted by molar-refractivity contribution is 5.98. The van der Waals surface area contributed by atoms with Crippen LogP contribution in [-0.4, -0.2) is 48.3 Å². The molecule has 4 rings (SSSR count). The molecule has 156 valence electrons. The smallest absolute Gasteiger partial charge is 0.254 e. The van der Waals surface area contributed by atoms with Crippen LogP contribution < -0.4 is 16.4 Å². The molecule has 2 aliphatic rings. The van der Waals surface area contributed by atoms with Crippen LogP contribution in [0.1, 0.15) is 36.0 Å². The number of carbonyl (C=O) groups is 1. The number of amides is 1. The number of anilines is 2. The van der Waals surface area contributed by atoms with Crippen LogP contribution in [0.5, 0.6) is 0 Å². The van der Waals surface area contributed by atoms with Crippen molar-refractivity contribution < 1.29 is 18.7 Å². The normalized spacial score (nSPS) is 20.1. The van der Waals surface area contributed by atoms with Gasteiger partial charge >= 0.3 is 0 Å². The minimum absolute atomic E-state index is 0.290. The van der Waals surface area contributed by atoms with Gasteiger partial charge in [0.05, 0.1) is 18.8 Å². The third kappa shape index (κ3) is 3.85. The molecule has 1 saturated carbocycles. The maximum atomic E-state index is 13.2. The molecule has 1 aromatic carbocycles. The first-order chi connectivity index (χ1) is 14.0. The minimum atomic E-state index is -0.574. The predicted octanol–water partition coefficient (Wildman–Crippen LogP) is 2.10. The van der Waals surface area contributed by atoms with E-state index in [9.17, 15) is 9.18 Å². The number of likely N-dealkylation sites (N-methyl/N-ethyl adjacent to an activating group) is 1. The number of primary amides is 1. The molecule has 29 heavy (non-hydrogen) atoms. The van der Waals surface area contributed by atoms with Gasteiger partial charge in [-0.05, 0) is 44.2 Å². The molecule has 4 N–H and O–H groups in total. The van der Waals surface area contributed by atoms with Crippen LogP contribution in [0.15, 0.2) is 30.5 Å². The number of nitrogens with two attached hydrogens (primary N) is 1. The van der Waals surface area contributed by atoms with Crippen molar-refractivity contribution in [3.8, 4) is 0 Å². The van der Waals surface area contributed by atoms with E-state index in [1.807, 2.05) is 11.7 Å². The van der Waals surface area contributed by atoms with Gasteiger partial charge in [0, 0.05) is 31.3 Å². The van der Waals surface area contributed by atoms with Crippen molar-refractivity contribution in [1.29, 1.82) is 0 Å². The lowest BCUT2D eigenvalue weighted by molar-refractivity contribution is -0.190. The highest BCUT2D eigenvalue weighted by atomic mass is 19.1. The van der Waals surface area contributed by atoms with Crippen molar-refractivity contribution in [3.05, 3.63) is 41.8 Å². The average molecular weight is 403 g/mol. The summed E-state index contributed by atoms with van der Waals surface area (Å²) >= 11 is 0. The molecule has 2 fully saturated rings. The fourth-order valence-electron chi connectivity index (χ4n) is 4.26. The highest BCUT2D eigenvalue weighted by Crippen LogP contribution is 2.43. The summed E-state index contributed by atoms with van der Waals surface area (Å²) in [5, 5.41) is 11.0. The van der Waals surface area contributed by atoms with Crippen LogP contribution in [-0.2, 0) is 15.0 Å². The van der Waals surface area contributed by atoms with E-state index in [0.717, 1.165) is 25.7 Å². The van der Waals surface area contributed by atoms with Crippen LogP contribution in [0.3, 0.4) is 0 Å². The molecule has 8 nitrogen and oxygen atoms in total. The maximum Gasteiger partial charge on any atom is 0.254 e. The molecule has 1 aliphatic carbocycles. The number of aromatic nitrogens is 2. The summed E-state index contributed by atoms with van der Waals surface area (Å²) in [4.78, 5) is 12.0. The van der Waals surface area contributed by atoms with Gasteiger partial charge in [-0.25, -0.2) is 4.39 Å². The van der Waals surface area contributed by atoms with Crippen molar-refractivity contribution in [1.82, 2.24) is 15.1 Å². The third-order valence-electron chi connectivity index (χ3n) is 5.83. The Balaban J connectivity index is 1.63. The van der Waals surface area contributed by atoms with Crippen molar-refractivity contribution >= 4 is 17.4 Å². The third-order valence-corrected chi connectivity index (χ3v) is 5.83. The van der Waals surface area contributed by atoms with Crippen molar-refractivity contribution in [2.45, 2.75) is 37.0 Å². The summed E-state index contributed by atoms with van der Waals surface area (Å²) in [6.07, 6.45) is 4.76. The highest BCUT2D eigenvalue weighted by Gasteiger charge is 2.47. The molecular formula is C20H26FN5O3. The van der Waals surface area contributed by atoms with Gasteiger partial charge < -0.3 is 25.8 Å². The summed E-state index contributed by atoms with van der Waals surface area (Å²) in [6, 6.07) is 5.85. The van der Waals surface area contributed by atoms with Gasteiger partial charge in [-0.15, -0.1) is 0 Å². The second-order valence-electron chi connectivity index (χ2n) is 7.69. The Morgan fingerprint density at radius 3 is 2.45 bits per heavy atom. The van der Waals surface area contributed by atoms with Crippen molar-refractivity contribution in [2.75, 3.05) is 32.1 Å². The number of ether oxygens (including phenoxy) is 2. The molecule has 0 atom stereocenters. The number of nitrogens with zero attached hydrogens (tertiary/aromatic N) is 2. The molecular weight excluding hydrogens is 377 g/mol. The van der Waals surface area contributed by atoms with E-state index in [2.05, 4.69) is 15.7 Å². The molecule has 2 aromatic rings. The number of hydrogen-bond acceptors (Lipinski definition) is 6.